The van der Waals surface area contributed by atoms with E-state index in [1.165, 1.54) is 0 Å². The molecule has 0 unspecified atom stereocenters. The van der Waals surface area contributed by atoms with Crippen LogP contribution in [0.3, 0.4) is 0 Å². The third kappa shape index (κ3) is 2.73. The Morgan fingerprint density at radius 2 is 1.76 bits per heavy atom. The van der Waals surface area contributed by atoms with Gasteiger partial charge >= 0.3 is 0 Å². The molecule has 0 bridgehead atoms. The van der Waals surface area contributed by atoms with Gasteiger partial charge in [0.15, 0.2) is 11.6 Å². The summed E-state index contributed by atoms with van der Waals surface area (Å²) in [5, 5.41) is 27.5. The number of carbonyl (C=O) groups is 3. The zero-order valence-corrected chi connectivity index (χ0v) is 9.41. The predicted octanol–water partition coefficient (Wildman–Crippen LogP) is -2.92. The molecule has 0 aliphatic rings. The molecule has 0 spiro atoms. The van der Waals surface area contributed by atoms with Crippen molar-refractivity contribution in [3.8, 4) is 0 Å². The number of aliphatic hydroxyl groups is 3. The van der Waals surface area contributed by atoms with Crippen molar-refractivity contribution in [2.45, 2.75) is 31.7 Å². The number of hydrogen-bond donors (Lipinski definition) is 4. The van der Waals surface area contributed by atoms with Crippen LogP contribution >= 0.6 is 0 Å². The van der Waals surface area contributed by atoms with E-state index in [1.54, 1.807) is 0 Å². The van der Waals surface area contributed by atoms with Crippen LogP contribution in [0.25, 0.3) is 0 Å². The van der Waals surface area contributed by atoms with Gasteiger partial charge < -0.3 is 15.3 Å². The van der Waals surface area contributed by atoms with Gasteiger partial charge in [-0.05, 0) is 6.92 Å². The van der Waals surface area contributed by atoms with E-state index in [9.17, 15) is 24.6 Å². The maximum Gasteiger partial charge on any atom is 0.242 e. The molecule has 0 aromatic rings. The largest absolute Gasteiger partial charge is 0.394 e. The molecule has 8 heteroatoms. The number of Topliss-reactive ketones (excluding diaryl/α,β-unsaturated/α-hetero) is 3. The summed E-state index contributed by atoms with van der Waals surface area (Å²) in [5.74, 6) is 1.27. The number of nitrogens with two attached hydrogens (primary N) is 1. The van der Waals surface area contributed by atoms with Gasteiger partial charge in [-0.2, -0.15) is 0 Å². The molecular formula is C9H15NO7. The Morgan fingerprint density at radius 3 is 2.00 bits per heavy atom. The zero-order valence-electron chi connectivity index (χ0n) is 9.41. The molecule has 0 rings (SSSR count). The summed E-state index contributed by atoms with van der Waals surface area (Å²) < 4.78 is 0. The molecule has 0 aliphatic heterocycles. The van der Waals surface area contributed by atoms with E-state index in [1.807, 2.05) is 0 Å². The topological polar surface area (TPSA) is 147 Å². The lowest BCUT2D eigenvalue weighted by molar-refractivity contribution is -0.187. The minimum absolute atomic E-state index is 0.858. The lowest BCUT2D eigenvalue weighted by atomic mass is 9.83. The number of rotatable bonds is 7. The fraction of sp³-hybridized carbons (Fsp3) is 0.667. The van der Waals surface area contributed by atoms with Crippen LogP contribution in [0.4, 0.5) is 0 Å². The standard InChI is InChI=1S/C9H15NO7/c1-4(12)7(15)9(17-10,5(2)13)8(16)6(14)3-11/h6,8,11,14,16H,3,10H2,1-2H3/t6-,8-,9+/m1/s1. The van der Waals surface area contributed by atoms with E-state index in [-0.39, 0.29) is 0 Å². The number of carbonyl (C=O) groups excluding carboxylic acids is 3. The van der Waals surface area contributed by atoms with Gasteiger partial charge in [0, 0.05) is 6.92 Å². The SMILES string of the molecule is CC(=O)C(=O)[C@@](ON)(C(C)=O)[C@H](O)[C@H](O)CO. The molecule has 0 radical (unpaired) electrons. The zero-order chi connectivity index (χ0) is 13.8. The molecular weight excluding hydrogens is 234 g/mol. The molecule has 0 aromatic carbocycles. The van der Waals surface area contributed by atoms with Crippen molar-refractivity contribution in [2.75, 3.05) is 6.61 Å². The summed E-state index contributed by atoms with van der Waals surface area (Å²) in [4.78, 5) is 38.1. The molecule has 3 atom stereocenters. The lowest BCUT2D eigenvalue weighted by Crippen LogP contribution is -2.64. The molecule has 0 saturated carbocycles. The van der Waals surface area contributed by atoms with Crippen LogP contribution in [0.15, 0.2) is 0 Å². The normalized spacial score (nSPS) is 18.0. The Labute approximate surface area is 96.9 Å². The van der Waals surface area contributed by atoms with Crippen molar-refractivity contribution in [1.82, 2.24) is 0 Å². The summed E-state index contributed by atoms with van der Waals surface area (Å²) in [6, 6.07) is 0. The Morgan fingerprint density at radius 1 is 1.29 bits per heavy atom. The van der Waals surface area contributed by atoms with E-state index in [0.29, 0.717) is 0 Å². The second-order valence-corrected chi connectivity index (χ2v) is 3.49. The Balaban J connectivity index is 5.60. The highest BCUT2D eigenvalue weighted by molar-refractivity contribution is 6.44. The summed E-state index contributed by atoms with van der Waals surface area (Å²) in [6.07, 6.45) is -4.00. The average molecular weight is 249 g/mol. The average Bonchev–Trinajstić information content (AvgIpc) is 2.28. The summed E-state index contributed by atoms with van der Waals surface area (Å²) in [7, 11) is 0. The molecule has 0 aromatic heterocycles. The van der Waals surface area contributed by atoms with Crippen molar-refractivity contribution in [3.63, 3.8) is 0 Å². The van der Waals surface area contributed by atoms with Gasteiger partial charge in [0.25, 0.3) is 0 Å². The Hall–Kier alpha value is -1.19. The molecule has 0 heterocycles. The second kappa shape index (κ2) is 5.94. The number of hydrogen-bond acceptors (Lipinski definition) is 8. The highest BCUT2D eigenvalue weighted by Gasteiger charge is 2.55. The van der Waals surface area contributed by atoms with Gasteiger partial charge in [0.05, 0.1) is 6.61 Å². The molecule has 5 N–H and O–H groups in total. The van der Waals surface area contributed by atoms with E-state index in [0.717, 1.165) is 13.8 Å². The quantitative estimate of drug-likeness (QED) is 0.213. The Bertz CT molecular complexity index is 329. The van der Waals surface area contributed by atoms with Crippen LogP contribution in [0, 0.1) is 0 Å². The van der Waals surface area contributed by atoms with Crippen molar-refractivity contribution in [1.29, 1.82) is 0 Å². The minimum atomic E-state index is -2.70. The van der Waals surface area contributed by atoms with Crippen LogP contribution in [0.1, 0.15) is 13.8 Å². The monoisotopic (exact) mass is 249 g/mol. The lowest BCUT2D eigenvalue weighted by Gasteiger charge is -2.32. The van der Waals surface area contributed by atoms with Gasteiger partial charge in [-0.25, -0.2) is 5.90 Å². The van der Waals surface area contributed by atoms with E-state index in [2.05, 4.69) is 4.84 Å². The van der Waals surface area contributed by atoms with Crippen LogP contribution in [0.2, 0.25) is 0 Å². The molecule has 17 heavy (non-hydrogen) atoms. The first kappa shape index (κ1) is 15.8. The van der Waals surface area contributed by atoms with Crippen molar-refractivity contribution >= 4 is 17.3 Å². The van der Waals surface area contributed by atoms with Crippen LogP contribution in [-0.4, -0.2) is 57.1 Å². The van der Waals surface area contributed by atoms with Gasteiger partial charge in [0.2, 0.25) is 11.4 Å². The minimum Gasteiger partial charge on any atom is -0.394 e. The van der Waals surface area contributed by atoms with Gasteiger partial charge in [0.1, 0.15) is 12.2 Å². The maximum absolute atomic E-state index is 11.6. The Kier molecular flexibility index (Phi) is 5.52. The molecule has 0 saturated heterocycles. The first-order chi connectivity index (χ1) is 7.75. The van der Waals surface area contributed by atoms with Gasteiger partial charge in [-0.1, -0.05) is 0 Å². The first-order valence-corrected chi connectivity index (χ1v) is 4.67. The molecule has 0 amide bonds. The summed E-state index contributed by atoms with van der Waals surface area (Å²) in [5.41, 5.74) is -2.70. The fourth-order valence-corrected chi connectivity index (χ4v) is 1.34. The van der Waals surface area contributed by atoms with Crippen molar-refractivity contribution in [2.24, 2.45) is 5.90 Å². The van der Waals surface area contributed by atoms with Crippen molar-refractivity contribution in [3.05, 3.63) is 0 Å². The molecule has 0 fully saturated rings. The maximum atomic E-state index is 11.6. The molecule has 8 nitrogen and oxygen atoms in total. The smallest absolute Gasteiger partial charge is 0.242 e. The fourth-order valence-electron chi connectivity index (χ4n) is 1.34. The van der Waals surface area contributed by atoms with Crippen molar-refractivity contribution < 1.29 is 34.5 Å². The highest BCUT2D eigenvalue weighted by atomic mass is 16.6. The van der Waals surface area contributed by atoms with Crippen LogP contribution in [0.5, 0.6) is 0 Å². The summed E-state index contributed by atoms with van der Waals surface area (Å²) >= 11 is 0. The highest BCUT2D eigenvalue weighted by Crippen LogP contribution is 2.21. The summed E-state index contributed by atoms with van der Waals surface area (Å²) in [6.45, 7) is 0.781. The molecule has 98 valence electrons. The van der Waals surface area contributed by atoms with Gasteiger partial charge in [-0.3, -0.25) is 19.2 Å². The number of aliphatic hydroxyl groups excluding tert-OH is 3. The third-order valence-corrected chi connectivity index (χ3v) is 2.33. The van der Waals surface area contributed by atoms with Crippen LogP contribution < -0.4 is 5.90 Å². The van der Waals surface area contributed by atoms with E-state index in [4.69, 9.17) is 11.0 Å². The van der Waals surface area contributed by atoms with Crippen LogP contribution in [-0.2, 0) is 19.2 Å². The predicted molar refractivity (Wildman–Crippen MR) is 53.5 cm³/mol. The third-order valence-electron chi connectivity index (χ3n) is 2.33. The molecule has 0 aliphatic carbocycles. The first-order valence-electron chi connectivity index (χ1n) is 4.67. The number of ketones is 3. The van der Waals surface area contributed by atoms with Gasteiger partial charge in [-0.15, -0.1) is 0 Å². The second-order valence-electron chi connectivity index (χ2n) is 3.49. The van der Waals surface area contributed by atoms with E-state index < -0.39 is 41.8 Å². The van der Waals surface area contributed by atoms with E-state index >= 15 is 0 Å².